The maximum atomic E-state index is 13.5. The van der Waals surface area contributed by atoms with E-state index >= 15 is 0 Å². The van der Waals surface area contributed by atoms with Gasteiger partial charge in [0, 0.05) is 12.7 Å². The first-order chi connectivity index (χ1) is 16.1. The summed E-state index contributed by atoms with van der Waals surface area (Å²) in [5.41, 5.74) is 4.89. The predicted octanol–water partition coefficient (Wildman–Crippen LogP) is 5.10. The highest BCUT2D eigenvalue weighted by Gasteiger charge is 2.28. The smallest absolute Gasteiger partial charge is 0.144 e. The molecule has 1 saturated heterocycles. The van der Waals surface area contributed by atoms with Crippen LogP contribution in [0.1, 0.15) is 24.1 Å². The Labute approximate surface area is 193 Å². The second kappa shape index (κ2) is 9.02. The lowest BCUT2D eigenvalue weighted by Crippen LogP contribution is -2.46. The van der Waals surface area contributed by atoms with Crippen molar-refractivity contribution in [1.29, 1.82) is 0 Å². The van der Waals surface area contributed by atoms with Crippen LogP contribution in [0.25, 0.3) is 11.8 Å². The third-order valence-electron chi connectivity index (χ3n) is 5.91. The van der Waals surface area contributed by atoms with E-state index in [1.165, 1.54) is 12.1 Å². The van der Waals surface area contributed by atoms with Gasteiger partial charge >= 0.3 is 0 Å². The number of methoxy groups -OCH3 is 1. The number of ether oxygens (including phenoxy) is 2. The molecule has 0 unspecified atom stereocenters. The van der Waals surface area contributed by atoms with Gasteiger partial charge in [0.05, 0.1) is 42.7 Å². The van der Waals surface area contributed by atoms with Gasteiger partial charge in [-0.1, -0.05) is 12.1 Å². The van der Waals surface area contributed by atoms with Crippen molar-refractivity contribution < 1.29 is 13.9 Å². The summed E-state index contributed by atoms with van der Waals surface area (Å²) in [6.07, 6.45) is 10.0. The van der Waals surface area contributed by atoms with Crippen LogP contribution in [0.15, 0.2) is 72.5 Å². The van der Waals surface area contributed by atoms with Gasteiger partial charge in [0.1, 0.15) is 23.9 Å². The summed E-state index contributed by atoms with van der Waals surface area (Å²) in [6.45, 7) is 4.14. The molecule has 7 heteroatoms. The van der Waals surface area contributed by atoms with Crippen LogP contribution >= 0.6 is 0 Å². The zero-order valence-corrected chi connectivity index (χ0v) is 18.9. The summed E-state index contributed by atoms with van der Waals surface area (Å²) in [5.74, 6) is 1.36. The topological polar surface area (TPSA) is 42.8 Å². The zero-order valence-electron chi connectivity index (χ0n) is 18.9. The molecule has 0 aliphatic carbocycles. The van der Waals surface area contributed by atoms with Crippen LogP contribution in [-0.2, 0) is 4.74 Å². The SMILES string of the molecule is COc1cc(C=C2OCCN3C2=CCCCN3c2ccc(F)cc2)ccc1-n1cnc(C)c1. The van der Waals surface area contributed by atoms with Crippen LogP contribution < -0.4 is 9.75 Å². The number of aromatic nitrogens is 2. The number of hydrazine groups is 1. The molecule has 170 valence electrons. The van der Waals surface area contributed by atoms with Gasteiger partial charge in [-0.05, 0) is 67.8 Å². The van der Waals surface area contributed by atoms with Crippen molar-refractivity contribution in [1.82, 2.24) is 14.6 Å². The molecule has 33 heavy (non-hydrogen) atoms. The minimum atomic E-state index is -0.227. The Hall–Kier alpha value is -3.74. The molecule has 3 aromatic rings. The molecular formula is C26H27FN4O2. The van der Waals surface area contributed by atoms with Crippen LogP contribution in [0.5, 0.6) is 5.75 Å². The summed E-state index contributed by atoms with van der Waals surface area (Å²) in [6, 6.07) is 12.8. The molecule has 2 aromatic carbocycles. The van der Waals surface area contributed by atoms with Gasteiger partial charge < -0.3 is 14.0 Å². The number of allylic oxidation sites excluding steroid dienone is 1. The van der Waals surface area contributed by atoms with Crippen molar-refractivity contribution >= 4 is 11.8 Å². The quantitative estimate of drug-likeness (QED) is 0.558. The molecule has 1 aromatic heterocycles. The normalized spacial score (nSPS) is 17.3. The number of aryl methyl sites for hydroxylation is 1. The summed E-state index contributed by atoms with van der Waals surface area (Å²) in [5, 5.41) is 4.47. The lowest BCUT2D eigenvalue weighted by atomic mass is 10.1. The van der Waals surface area contributed by atoms with Crippen molar-refractivity contribution in [3.63, 3.8) is 0 Å². The Balaban J connectivity index is 1.47. The van der Waals surface area contributed by atoms with Crippen molar-refractivity contribution in [2.75, 3.05) is 31.8 Å². The highest BCUT2D eigenvalue weighted by molar-refractivity contribution is 5.62. The van der Waals surface area contributed by atoms with E-state index in [9.17, 15) is 4.39 Å². The Kier molecular flexibility index (Phi) is 5.77. The molecule has 0 bridgehead atoms. The summed E-state index contributed by atoms with van der Waals surface area (Å²) >= 11 is 0. The van der Waals surface area contributed by atoms with Crippen molar-refractivity contribution in [2.45, 2.75) is 19.8 Å². The summed E-state index contributed by atoms with van der Waals surface area (Å²) in [7, 11) is 1.67. The van der Waals surface area contributed by atoms with Gasteiger partial charge in [0.25, 0.3) is 0 Å². The standard InChI is InChI=1S/C26H27FN4O2/c1-19-17-29(18-28-19)23-11-6-20(15-25(23)32-2)16-26-24-5-3-4-12-30(31(24)13-14-33-26)22-9-7-21(27)8-10-22/h5-11,15-18H,3-4,12-14H2,1-2H3. The fourth-order valence-electron chi connectivity index (χ4n) is 4.32. The highest BCUT2D eigenvalue weighted by atomic mass is 19.1. The molecule has 2 aliphatic heterocycles. The average molecular weight is 447 g/mol. The van der Waals surface area contributed by atoms with Crippen LogP contribution in [0.2, 0.25) is 0 Å². The minimum Gasteiger partial charge on any atom is -0.495 e. The maximum absolute atomic E-state index is 13.5. The highest BCUT2D eigenvalue weighted by Crippen LogP contribution is 2.33. The third-order valence-corrected chi connectivity index (χ3v) is 5.91. The van der Waals surface area contributed by atoms with Crippen LogP contribution in [-0.4, -0.2) is 41.4 Å². The summed E-state index contributed by atoms with van der Waals surface area (Å²) in [4.78, 5) is 4.31. The van der Waals surface area contributed by atoms with E-state index in [1.54, 1.807) is 13.4 Å². The first kappa shape index (κ1) is 21.1. The second-order valence-electron chi connectivity index (χ2n) is 8.16. The largest absolute Gasteiger partial charge is 0.495 e. The monoisotopic (exact) mass is 446 g/mol. The van der Waals surface area contributed by atoms with Gasteiger partial charge in [-0.15, -0.1) is 0 Å². The molecule has 0 spiro atoms. The molecule has 0 amide bonds. The van der Waals surface area contributed by atoms with Crippen LogP contribution in [0.4, 0.5) is 10.1 Å². The molecule has 1 fully saturated rings. The van der Waals surface area contributed by atoms with Gasteiger partial charge in [0.2, 0.25) is 0 Å². The summed E-state index contributed by atoms with van der Waals surface area (Å²) < 4.78 is 27.2. The number of benzene rings is 2. The predicted molar refractivity (Wildman–Crippen MR) is 127 cm³/mol. The fourth-order valence-corrected chi connectivity index (χ4v) is 4.32. The zero-order chi connectivity index (χ0) is 22.8. The average Bonchev–Trinajstić information content (AvgIpc) is 3.14. The van der Waals surface area contributed by atoms with Crippen molar-refractivity contribution in [2.24, 2.45) is 0 Å². The lowest BCUT2D eigenvalue weighted by Gasteiger charge is -2.41. The number of morpholine rings is 1. The van der Waals surface area contributed by atoms with Gasteiger partial charge in [0.15, 0.2) is 0 Å². The molecule has 2 aliphatic rings. The maximum Gasteiger partial charge on any atom is 0.144 e. The Bertz CT molecular complexity index is 1200. The third kappa shape index (κ3) is 4.31. The lowest BCUT2D eigenvalue weighted by molar-refractivity contribution is 0.124. The van der Waals surface area contributed by atoms with E-state index in [2.05, 4.69) is 33.2 Å². The van der Waals surface area contributed by atoms with Crippen molar-refractivity contribution in [3.8, 4) is 11.4 Å². The fraction of sp³-hybridized carbons (Fsp3) is 0.269. The molecule has 3 heterocycles. The number of imidazole rings is 1. The van der Waals surface area contributed by atoms with E-state index in [1.807, 2.05) is 42.0 Å². The van der Waals surface area contributed by atoms with Crippen LogP contribution in [0.3, 0.4) is 0 Å². The van der Waals surface area contributed by atoms with E-state index in [0.717, 1.165) is 65.8 Å². The number of rotatable bonds is 4. The molecule has 0 saturated carbocycles. The number of anilines is 1. The minimum absolute atomic E-state index is 0.227. The number of hydrogen-bond acceptors (Lipinski definition) is 5. The van der Waals surface area contributed by atoms with Gasteiger partial charge in [-0.25, -0.2) is 9.37 Å². The Morgan fingerprint density at radius 1 is 1.09 bits per heavy atom. The molecule has 5 rings (SSSR count). The number of hydrogen-bond donors (Lipinski definition) is 0. The van der Waals surface area contributed by atoms with Crippen LogP contribution in [0, 0.1) is 12.7 Å². The number of fused-ring (bicyclic) bond motifs is 1. The number of nitrogens with zero attached hydrogens (tertiary/aromatic N) is 4. The van der Waals surface area contributed by atoms with Crippen molar-refractivity contribution in [3.05, 3.63) is 89.6 Å². The Morgan fingerprint density at radius 3 is 2.70 bits per heavy atom. The number of halogens is 1. The van der Waals surface area contributed by atoms with E-state index < -0.39 is 0 Å². The first-order valence-electron chi connectivity index (χ1n) is 11.2. The first-order valence-corrected chi connectivity index (χ1v) is 11.2. The van der Waals surface area contributed by atoms with E-state index in [4.69, 9.17) is 9.47 Å². The molecule has 6 nitrogen and oxygen atoms in total. The Morgan fingerprint density at radius 2 is 1.94 bits per heavy atom. The van der Waals surface area contributed by atoms with Gasteiger partial charge in [-0.3, -0.25) is 10.0 Å². The molecule has 0 N–H and O–H groups in total. The second-order valence-corrected chi connectivity index (χ2v) is 8.16. The molecule has 0 atom stereocenters. The van der Waals surface area contributed by atoms with E-state index in [0.29, 0.717) is 6.61 Å². The van der Waals surface area contributed by atoms with E-state index in [-0.39, 0.29) is 5.82 Å². The van der Waals surface area contributed by atoms with Gasteiger partial charge in [-0.2, -0.15) is 0 Å². The molecule has 0 radical (unpaired) electrons. The molecular weight excluding hydrogens is 419 g/mol.